The molecule has 1 saturated heterocycles. The second-order valence-corrected chi connectivity index (χ2v) is 4.56. The number of ether oxygens (including phenoxy) is 1. The minimum absolute atomic E-state index is 0.515. The second-order valence-electron chi connectivity index (χ2n) is 4.56. The summed E-state index contributed by atoms with van der Waals surface area (Å²) in [6, 6.07) is 3.95. The zero-order valence-electron chi connectivity index (χ0n) is 11.4. The van der Waals surface area contributed by atoms with Gasteiger partial charge in [-0.05, 0) is 12.1 Å². The van der Waals surface area contributed by atoms with Crippen molar-refractivity contribution in [2.75, 3.05) is 38.2 Å². The van der Waals surface area contributed by atoms with Crippen molar-refractivity contribution in [1.29, 1.82) is 0 Å². The molecule has 104 valence electrons. The Labute approximate surface area is 117 Å². The fraction of sp³-hybridized carbons (Fsp3) is 0.357. The van der Waals surface area contributed by atoms with Crippen molar-refractivity contribution >= 4 is 5.82 Å². The van der Waals surface area contributed by atoms with Crippen LogP contribution in [-0.2, 0) is 0 Å². The van der Waals surface area contributed by atoms with Crippen LogP contribution in [-0.4, -0.2) is 48.2 Å². The van der Waals surface area contributed by atoms with Crippen LogP contribution >= 0.6 is 0 Å². The number of methoxy groups -OCH3 is 1. The predicted octanol–water partition coefficient (Wildman–Crippen LogP) is 0.957. The van der Waals surface area contributed by atoms with E-state index in [4.69, 9.17) is 4.74 Å². The number of rotatable bonds is 3. The van der Waals surface area contributed by atoms with Gasteiger partial charge in [0.15, 0.2) is 0 Å². The van der Waals surface area contributed by atoms with E-state index in [0.717, 1.165) is 43.3 Å². The minimum Gasteiger partial charge on any atom is -0.480 e. The first-order valence-electron chi connectivity index (χ1n) is 6.65. The standard InChI is InChI=1S/C14H17N5O/c1-20-13-10-17-12(9-18-13)11-3-2-4-16-14(11)19-7-5-15-6-8-19/h2-4,9-10,15H,5-8H2,1H3. The Morgan fingerprint density at radius 2 is 2.00 bits per heavy atom. The van der Waals surface area contributed by atoms with Gasteiger partial charge in [0.2, 0.25) is 5.88 Å². The van der Waals surface area contributed by atoms with Crippen molar-refractivity contribution in [3.8, 4) is 17.1 Å². The maximum absolute atomic E-state index is 5.04. The average molecular weight is 271 g/mol. The van der Waals surface area contributed by atoms with Crippen LogP contribution in [0.25, 0.3) is 11.3 Å². The third kappa shape index (κ3) is 2.55. The lowest BCUT2D eigenvalue weighted by molar-refractivity contribution is 0.396. The molecule has 3 heterocycles. The molecule has 3 rings (SSSR count). The molecule has 0 saturated carbocycles. The molecule has 1 N–H and O–H groups in total. The monoisotopic (exact) mass is 271 g/mol. The van der Waals surface area contributed by atoms with Gasteiger partial charge >= 0.3 is 0 Å². The van der Waals surface area contributed by atoms with Crippen LogP contribution in [0.4, 0.5) is 5.82 Å². The van der Waals surface area contributed by atoms with Gasteiger partial charge in [0, 0.05) is 37.9 Å². The van der Waals surface area contributed by atoms with Gasteiger partial charge < -0.3 is 15.0 Å². The van der Waals surface area contributed by atoms with Crippen LogP contribution in [0.15, 0.2) is 30.7 Å². The molecule has 0 spiro atoms. The molecular weight excluding hydrogens is 254 g/mol. The molecule has 0 atom stereocenters. The summed E-state index contributed by atoms with van der Waals surface area (Å²) in [6.07, 6.45) is 5.17. The van der Waals surface area contributed by atoms with Crippen LogP contribution in [0, 0.1) is 0 Å². The molecule has 0 unspecified atom stereocenters. The normalized spacial score (nSPS) is 15.2. The lowest BCUT2D eigenvalue weighted by Gasteiger charge is -2.29. The fourth-order valence-electron chi connectivity index (χ4n) is 2.29. The lowest BCUT2D eigenvalue weighted by Crippen LogP contribution is -2.44. The molecule has 0 aliphatic carbocycles. The number of anilines is 1. The van der Waals surface area contributed by atoms with Gasteiger partial charge in [-0.1, -0.05) is 0 Å². The van der Waals surface area contributed by atoms with E-state index in [0.29, 0.717) is 5.88 Å². The zero-order chi connectivity index (χ0) is 13.8. The van der Waals surface area contributed by atoms with Crippen molar-refractivity contribution in [2.24, 2.45) is 0 Å². The molecule has 1 aliphatic rings. The summed E-state index contributed by atoms with van der Waals surface area (Å²) in [5.74, 6) is 1.48. The summed E-state index contributed by atoms with van der Waals surface area (Å²) in [5.41, 5.74) is 1.82. The molecule has 1 fully saturated rings. The molecule has 6 heteroatoms. The maximum Gasteiger partial charge on any atom is 0.232 e. The molecule has 20 heavy (non-hydrogen) atoms. The summed E-state index contributed by atoms with van der Waals surface area (Å²) in [7, 11) is 1.58. The van der Waals surface area contributed by atoms with Gasteiger partial charge in [-0.3, -0.25) is 0 Å². The molecule has 1 aliphatic heterocycles. The second kappa shape index (κ2) is 5.83. The number of nitrogens with zero attached hydrogens (tertiary/aromatic N) is 4. The molecule has 6 nitrogen and oxygen atoms in total. The van der Waals surface area contributed by atoms with E-state index in [1.807, 2.05) is 18.3 Å². The highest BCUT2D eigenvalue weighted by molar-refractivity contribution is 5.72. The van der Waals surface area contributed by atoms with Gasteiger partial charge in [-0.25, -0.2) is 15.0 Å². The molecular formula is C14H17N5O. The third-order valence-corrected chi connectivity index (χ3v) is 3.32. The van der Waals surface area contributed by atoms with Gasteiger partial charge in [-0.15, -0.1) is 0 Å². The quantitative estimate of drug-likeness (QED) is 0.897. The van der Waals surface area contributed by atoms with Crippen LogP contribution in [0.2, 0.25) is 0 Å². The smallest absolute Gasteiger partial charge is 0.232 e. The highest BCUT2D eigenvalue weighted by atomic mass is 16.5. The minimum atomic E-state index is 0.515. The SMILES string of the molecule is COc1cnc(-c2cccnc2N2CCNCC2)cn1. The van der Waals surface area contributed by atoms with Crippen LogP contribution in [0.1, 0.15) is 0 Å². The molecule has 0 amide bonds. The zero-order valence-corrected chi connectivity index (χ0v) is 11.4. The van der Waals surface area contributed by atoms with Crippen LogP contribution in [0.3, 0.4) is 0 Å². The lowest BCUT2D eigenvalue weighted by atomic mass is 10.1. The van der Waals surface area contributed by atoms with E-state index >= 15 is 0 Å². The molecule has 0 radical (unpaired) electrons. The van der Waals surface area contributed by atoms with E-state index in [1.165, 1.54) is 0 Å². The van der Waals surface area contributed by atoms with E-state index < -0.39 is 0 Å². The first kappa shape index (κ1) is 12.8. The number of piperazine rings is 1. The van der Waals surface area contributed by atoms with Gasteiger partial charge in [-0.2, -0.15) is 0 Å². The molecule has 2 aromatic rings. The largest absolute Gasteiger partial charge is 0.480 e. The Bertz CT molecular complexity index is 566. The fourth-order valence-corrected chi connectivity index (χ4v) is 2.29. The van der Waals surface area contributed by atoms with Crippen LogP contribution in [0.5, 0.6) is 5.88 Å². The van der Waals surface area contributed by atoms with Crippen molar-refractivity contribution in [2.45, 2.75) is 0 Å². The number of hydrogen-bond donors (Lipinski definition) is 1. The highest BCUT2D eigenvalue weighted by Crippen LogP contribution is 2.27. The Hall–Kier alpha value is -2.21. The average Bonchev–Trinajstić information content (AvgIpc) is 2.56. The van der Waals surface area contributed by atoms with Crippen molar-refractivity contribution in [3.63, 3.8) is 0 Å². The van der Waals surface area contributed by atoms with E-state index in [1.54, 1.807) is 19.5 Å². The number of pyridine rings is 1. The van der Waals surface area contributed by atoms with E-state index in [2.05, 4.69) is 25.2 Å². The molecule has 0 aromatic carbocycles. The summed E-state index contributed by atoms with van der Waals surface area (Å²) >= 11 is 0. The van der Waals surface area contributed by atoms with Crippen molar-refractivity contribution < 1.29 is 4.74 Å². The van der Waals surface area contributed by atoms with Crippen molar-refractivity contribution in [3.05, 3.63) is 30.7 Å². The number of nitrogens with one attached hydrogen (secondary N) is 1. The van der Waals surface area contributed by atoms with Gasteiger partial charge in [0.05, 0.1) is 25.2 Å². The number of aromatic nitrogens is 3. The maximum atomic E-state index is 5.04. The predicted molar refractivity (Wildman–Crippen MR) is 76.9 cm³/mol. The first-order valence-corrected chi connectivity index (χ1v) is 6.65. The highest BCUT2D eigenvalue weighted by Gasteiger charge is 2.16. The third-order valence-electron chi connectivity index (χ3n) is 3.32. The van der Waals surface area contributed by atoms with E-state index in [-0.39, 0.29) is 0 Å². The van der Waals surface area contributed by atoms with Crippen LogP contribution < -0.4 is 15.0 Å². The van der Waals surface area contributed by atoms with E-state index in [9.17, 15) is 0 Å². The summed E-state index contributed by atoms with van der Waals surface area (Å²) in [6.45, 7) is 3.86. The Morgan fingerprint density at radius 1 is 1.15 bits per heavy atom. The molecule has 0 bridgehead atoms. The summed E-state index contributed by atoms with van der Waals surface area (Å²) in [5, 5.41) is 3.34. The molecule has 2 aromatic heterocycles. The Balaban J connectivity index is 1.95. The Morgan fingerprint density at radius 3 is 2.70 bits per heavy atom. The summed E-state index contributed by atoms with van der Waals surface area (Å²) < 4.78 is 5.04. The first-order chi connectivity index (χ1) is 9.88. The summed E-state index contributed by atoms with van der Waals surface area (Å²) in [4.78, 5) is 15.4. The van der Waals surface area contributed by atoms with Gasteiger partial charge in [0.1, 0.15) is 5.82 Å². The van der Waals surface area contributed by atoms with Crippen molar-refractivity contribution in [1.82, 2.24) is 20.3 Å². The Kier molecular flexibility index (Phi) is 3.73. The topological polar surface area (TPSA) is 63.2 Å². The van der Waals surface area contributed by atoms with Gasteiger partial charge in [0.25, 0.3) is 0 Å². The number of hydrogen-bond acceptors (Lipinski definition) is 6.